The number of hydrogen-bond acceptors (Lipinski definition) is 3. The average molecular weight is 385 g/mol. The SMILES string of the molecule is O=C(Nc1ccc(I)cc1)c1cc2sccc2s1. The Kier molecular flexibility index (Phi) is 3.36. The van der Waals surface area contributed by atoms with Gasteiger partial charge in [0.15, 0.2) is 0 Å². The number of fused-ring (bicyclic) bond motifs is 1. The Balaban J connectivity index is 1.82. The first-order valence-electron chi connectivity index (χ1n) is 5.26. The van der Waals surface area contributed by atoms with Gasteiger partial charge in [0.25, 0.3) is 5.91 Å². The predicted octanol–water partition coefficient (Wildman–Crippen LogP) is 4.82. The zero-order valence-electron chi connectivity index (χ0n) is 9.14. The van der Waals surface area contributed by atoms with Crippen molar-refractivity contribution in [2.24, 2.45) is 0 Å². The third-order valence-electron chi connectivity index (χ3n) is 2.47. The minimum Gasteiger partial charge on any atom is -0.321 e. The van der Waals surface area contributed by atoms with E-state index in [-0.39, 0.29) is 5.91 Å². The van der Waals surface area contributed by atoms with Crippen molar-refractivity contribution in [2.75, 3.05) is 5.32 Å². The summed E-state index contributed by atoms with van der Waals surface area (Å²) in [6, 6.07) is 11.8. The number of carbonyl (C=O) groups excluding carboxylic acids is 1. The van der Waals surface area contributed by atoms with Crippen molar-refractivity contribution >= 4 is 66.3 Å². The number of benzene rings is 1. The van der Waals surface area contributed by atoms with Crippen LogP contribution in [0.3, 0.4) is 0 Å². The van der Waals surface area contributed by atoms with Crippen molar-refractivity contribution in [2.45, 2.75) is 0 Å². The van der Waals surface area contributed by atoms with Crippen molar-refractivity contribution in [3.63, 3.8) is 0 Å². The molecule has 3 rings (SSSR count). The number of halogens is 1. The van der Waals surface area contributed by atoms with Gasteiger partial charge in [-0.3, -0.25) is 4.79 Å². The van der Waals surface area contributed by atoms with E-state index in [9.17, 15) is 4.79 Å². The van der Waals surface area contributed by atoms with Crippen LogP contribution in [-0.2, 0) is 0 Å². The molecule has 0 saturated carbocycles. The summed E-state index contributed by atoms with van der Waals surface area (Å²) in [4.78, 5) is 12.8. The highest BCUT2D eigenvalue weighted by atomic mass is 127. The third kappa shape index (κ3) is 2.43. The summed E-state index contributed by atoms with van der Waals surface area (Å²) in [5, 5.41) is 4.95. The molecule has 3 aromatic rings. The molecule has 0 fully saturated rings. The Labute approximate surface area is 126 Å². The van der Waals surface area contributed by atoms with Gasteiger partial charge >= 0.3 is 0 Å². The number of anilines is 1. The zero-order chi connectivity index (χ0) is 12.5. The Morgan fingerprint density at radius 2 is 1.89 bits per heavy atom. The van der Waals surface area contributed by atoms with Crippen molar-refractivity contribution < 1.29 is 4.79 Å². The second kappa shape index (κ2) is 4.99. The summed E-state index contributed by atoms with van der Waals surface area (Å²) in [6.07, 6.45) is 0. The number of carbonyl (C=O) groups is 1. The van der Waals surface area contributed by atoms with Gasteiger partial charge < -0.3 is 5.32 Å². The average Bonchev–Trinajstić information content (AvgIpc) is 2.92. The second-order valence-corrected chi connectivity index (χ2v) is 7.00. The molecule has 2 aromatic heterocycles. The minimum atomic E-state index is -0.0374. The summed E-state index contributed by atoms with van der Waals surface area (Å²) >= 11 is 5.44. The van der Waals surface area contributed by atoms with Gasteiger partial charge in [0.05, 0.1) is 4.88 Å². The first kappa shape index (κ1) is 12.1. The van der Waals surface area contributed by atoms with E-state index in [1.165, 1.54) is 20.7 Å². The lowest BCUT2D eigenvalue weighted by atomic mass is 10.3. The van der Waals surface area contributed by atoms with Gasteiger partial charge in [-0.1, -0.05) is 0 Å². The zero-order valence-corrected chi connectivity index (χ0v) is 12.9. The van der Waals surface area contributed by atoms with Crippen LogP contribution in [0.15, 0.2) is 41.8 Å². The molecule has 1 aromatic carbocycles. The van der Waals surface area contributed by atoms with Gasteiger partial charge in [-0.25, -0.2) is 0 Å². The number of nitrogens with one attached hydrogen (secondary N) is 1. The predicted molar refractivity (Wildman–Crippen MR) is 86.8 cm³/mol. The van der Waals surface area contributed by atoms with E-state index in [0.717, 1.165) is 14.1 Å². The fraction of sp³-hybridized carbons (Fsp3) is 0. The van der Waals surface area contributed by atoms with E-state index in [0.29, 0.717) is 0 Å². The molecule has 0 aliphatic rings. The lowest BCUT2D eigenvalue weighted by molar-refractivity contribution is 0.103. The van der Waals surface area contributed by atoms with E-state index in [1.54, 1.807) is 11.3 Å². The number of thiophene rings is 2. The Bertz CT molecular complexity index is 671. The molecule has 0 saturated heterocycles. The molecular formula is C13H8INOS2. The molecule has 0 atom stereocenters. The largest absolute Gasteiger partial charge is 0.321 e. The summed E-state index contributed by atoms with van der Waals surface area (Å²) in [6.45, 7) is 0. The van der Waals surface area contributed by atoms with Crippen LogP contribution in [0.2, 0.25) is 0 Å². The topological polar surface area (TPSA) is 29.1 Å². The quantitative estimate of drug-likeness (QED) is 0.630. The van der Waals surface area contributed by atoms with Crippen molar-refractivity contribution in [3.8, 4) is 0 Å². The molecule has 0 aliphatic heterocycles. The monoisotopic (exact) mass is 385 g/mol. The normalized spacial score (nSPS) is 10.7. The molecule has 0 radical (unpaired) electrons. The van der Waals surface area contributed by atoms with E-state index >= 15 is 0 Å². The smallest absolute Gasteiger partial charge is 0.265 e. The second-order valence-electron chi connectivity index (χ2n) is 3.72. The minimum absolute atomic E-state index is 0.0374. The maximum Gasteiger partial charge on any atom is 0.265 e. The fourth-order valence-corrected chi connectivity index (χ4v) is 3.97. The van der Waals surface area contributed by atoms with Crippen LogP contribution in [0.1, 0.15) is 9.67 Å². The summed E-state index contributed by atoms with van der Waals surface area (Å²) in [5.74, 6) is -0.0374. The van der Waals surface area contributed by atoms with Crippen LogP contribution in [0, 0.1) is 3.57 Å². The molecule has 0 unspecified atom stereocenters. The van der Waals surface area contributed by atoms with Crippen LogP contribution in [0.25, 0.3) is 9.40 Å². The van der Waals surface area contributed by atoms with Crippen molar-refractivity contribution in [3.05, 3.63) is 50.2 Å². The van der Waals surface area contributed by atoms with Crippen LogP contribution >= 0.6 is 45.3 Å². The molecule has 90 valence electrons. The molecular weight excluding hydrogens is 377 g/mol. The molecule has 0 spiro atoms. The van der Waals surface area contributed by atoms with Gasteiger partial charge in [0, 0.05) is 18.7 Å². The van der Waals surface area contributed by atoms with Crippen LogP contribution in [0.5, 0.6) is 0 Å². The van der Waals surface area contributed by atoms with Gasteiger partial charge in [-0.05, 0) is 64.4 Å². The molecule has 2 nitrogen and oxygen atoms in total. The molecule has 5 heteroatoms. The summed E-state index contributed by atoms with van der Waals surface area (Å²) < 4.78 is 3.50. The van der Waals surface area contributed by atoms with Crippen molar-refractivity contribution in [1.29, 1.82) is 0 Å². The number of rotatable bonds is 2. The van der Waals surface area contributed by atoms with E-state index < -0.39 is 0 Å². The third-order valence-corrected chi connectivity index (χ3v) is 5.28. The highest BCUT2D eigenvalue weighted by Crippen LogP contribution is 2.30. The molecule has 0 aliphatic carbocycles. The van der Waals surface area contributed by atoms with Gasteiger partial charge in [0.2, 0.25) is 0 Å². The lowest BCUT2D eigenvalue weighted by Gasteiger charge is -2.02. The van der Waals surface area contributed by atoms with Crippen LogP contribution in [-0.4, -0.2) is 5.91 Å². The number of amides is 1. The maximum absolute atomic E-state index is 12.1. The highest BCUT2D eigenvalue weighted by Gasteiger charge is 2.11. The summed E-state index contributed by atoms with van der Waals surface area (Å²) in [5.41, 5.74) is 0.831. The first-order chi connectivity index (χ1) is 8.72. The van der Waals surface area contributed by atoms with Gasteiger partial charge in [-0.2, -0.15) is 0 Å². The van der Waals surface area contributed by atoms with E-state index in [1.807, 2.05) is 41.8 Å². The summed E-state index contributed by atoms with van der Waals surface area (Å²) in [7, 11) is 0. The van der Waals surface area contributed by atoms with E-state index in [2.05, 4.69) is 27.9 Å². The first-order valence-corrected chi connectivity index (χ1v) is 8.04. The Morgan fingerprint density at radius 1 is 1.11 bits per heavy atom. The number of hydrogen-bond donors (Lipinski definition) is 1. The van der Waals surface area contributed by atoms with E-state index in [4.69, 9.17) is 0 Å². The standard InChI is InChI=1S/C13H8INOS2/c14-8-1-3-9(4-2-8)15-13(16)12-7-11-10(18-12)5-6-17-11/h1-7H,(H,15,16). The Morgan fingerprint density at radius 3 is 2.61 bits per heavy atom. The molecule has 0 bridgehead atoms. The maximum atomic E-state index is 12.1. The molecule has 1 amide bonds. The van der Waals surface area contributed by atoms with Gasteiger partial charge in [0.1, 0.15) is 0 Å². The van der Waals surface area contributed by atoms with Crippen LogP contribution < -0.4 is 5.32 Å². The van der Waals surface area contributed by atoms with Gasteiger partial charge in [-0.15, -0.1) is 22.7 Å². The van der Waals surface area contributed by atoms with Crippen LogP contribution in [0.4, 0.5) is 5.69 Å². The fourth-order valence-electron chi connectivity index (χ4n) is 1.60. The molecule has 18 heavy (non-hydrogen) atoms. The molecule has 1 N–H and O–H groups in total. The van der Waals surface area contributed by atoms with Crippen molar-refractivity contribution in [1.82, 2.24) is 0 Å². The highest BCUT2D eigenvalue weighted by molar-refractivity contribution is 14.1. The molecule has 2 heterocycles. The lowest BCUT2D eigenvalue weighted by Crippen LogP contribution is -2.09. The Hall–Kier alpha value is -0.920.